The van der Waals surface area contributed by atoms with E-state index in [9.17, 15) is 4.79 Å². The molecule has 0 spiro atoms. The molecule has 3 N–H and O–H groups in total. The van der Waals surface area contributed by atoms with Gasteiger partial charge in [-0.2, -0.15) is 0 Å². The number of nitrogens with one attached hydrogen (secondary N) is 3. The van der Waals surface area contributed by atoms with Crippen molar-refractivity contribution < 1.29 is 9.53 Å². The van der Waals surface area contributed by atoms with Crippen molar-refractivity contribution in [3.8, 4) is 5.88 Å². The second kappa shape index (κ2) is 10.4. The fraction of sp³-hybridized carbons (Fsp3) is 0.429. The fourth-order valence-electron chi connectivity index (χ4n) is 5.44. The molecule has 0 aliphatic carbocycles. The maximum Gasteiger partial charge on any atom is 0.238 e. The Balaban J connectivity index is 1.13. The highest BCUT2D eigenvalue weighted by atomic mass is 16.5. The number of anilines is 5. The SMILES string of the molecule is Cc1cc(Nc2ncc3c(n2)CN(c2cnc4c(c2C)NCCO4)CC3)ccc1NC(=O)CN1CCCC1. The molecule has 1 amide bonds. The van der Waals surface area contributed by atoms with Gasteiger partial charge >= 0.3 is 0 Å². The van der Waals surface area contributed by atoms with E-state index in [1.165, 1.54) is 18.4 Å². The zero-order valence-electron chi connectivity index (χ0n) is 22.0. The number of aryl methyl sites for hydroxylation is 1. The molecule has 0 bridgehead atoms. The van der Waals surface area contributed by atoms with E-state index in [0.29, 0.717) is 31.5 Å². The van der Waals surface area contributed by atoms with Gasteiger partial charge in [0, 0.05) is 36.2 Å². The van der Waals surface area contributed by atoms with E-state index in [-0.39, 0.29) is 5.91 Å². The predicted octanol–water partition coefficient (Wildman–Crippen LogP) is 3.63. The van der Waals surface area contributed by atoms with E-state index in [1.807, 2.05) is 37.5 Å². The third-order valence-corrected chi connectivity index (χ3v) is 7.53. The molecule has 0 saturated carbocycles. The van der Waals surface area contributed by atoms with Crippen molar-refractivity contribution in [1.29, 1.82) is 0 Å². The van der Waals surface area contributed by atoms with Crippen LogP contribution in [0.1, 0.15) is 35.2 Å². The number of carbonyl (C=O) groups excluding carboxylic acids is 1. The highest BCUT2D eigenvalue weighted by Crippen LogP contribution is 2.36. The summed E-state index contributed by atoms with van der Waals surface area (Å²) in [5, 5.41) is 9.82. The van der Waals surface area contributed by atoms with Gasteiger partial charge in [-0.05, 0) is 75.5 Å². The molecule has 0 radical (unpaired) electrons. The summed E-state index contributed by atoms with van der Waals surface area (Å²) in [6.45, 7) is 9.56. The number of nitrogens with zero attached hydrogens (tertiary/aromatic N) is 5. The molecule has 198 valence electrons. The van der Waals surface area contributed by atoms with Crippen molar-refractivity contribution in [2.75, 3.05) is 60.2 Å². The van der Waals surface area contributed by atoms with Crippen LogP contribution in [0.4, 0.5) is 28.7 Å². The summed E-state index contributed by atoms with van der Waals surface area (Å²) in [5.74, 6) is 1.27. The predicted molar refractivity (Wildman–Crippen MR) is 149 cm³/mol. The molecule has 6 rings (SSSR count). The molecular formula is C28H34N8O2. The molecule has 3 aromatic rings. The molecule has 3 aliphatic heterocycles. The number of aromatic nitrogens is 3. The van der Waals surface area contributed by atoms with Gasteiger partial charge < -0.3 is 25.6 Å². The van der Waals surface area contributed by atoms with Crippen LogP contribution in [0.3, 0.4) is 0 Å². The Bertz CT molecular complexity index is 1350. The van der Waals surface area contributed by atoms with Crippen LogP contribution in [0.25, 0.3) is 0 Å². The lowest BCUT2D eigenvalue weighted by molar-refractivity contribution is -0.117. The number of pyridine rings is 1. The summed E-state index contributed by atoms with van der Waals surface area (Å²) in [5.41, 5.74) is 8.11. The smallest absolute Gasteiger partial charge is 0.238 e. The first-order valence-electron chi connectivity index (χ1n) is 13.4. The Hall–Kier alpha value is -3.92. The minimum Gasteiger partial charge on any atom is -0.474 e. The molecule has 10 heteroatoms. The van der Waals surface area contributed by atoms with E-state index >= 15 is 0 Å². The molecule has 5 heterocycles. The van der Waals surface area contributed by atoms with Gasteiger partial charge in [-0.3, -0.25) is 9.69 Å². The first-order chi connectivity index (χ1) is 18.5. The average molecular weight is 515 g/mol. The van der Waals surface area contributed by atoms with Gasteiger partial charge in [0.25, 0.3) is 0 Å². The second-order valence-electron chi connectivity index (χ2n) is 10.2. The number of fused-ring (bicyclic) bond motifs is 2. The van der Waals surface area contributed by atoms with E-state index in [2.05, 4.69) is 42.6 Å². The van der Waals surface area contributed by atoms with Crippen LogP contribution in [0, 0.1) is 13.8 Å². The molecule has 0 atom stereocenters. The van der Waals surface area contributed by atoms with E-state index in [1.54, 1.807) is 0 Å². The zero-order chi connectivity index (χ0) is 26.1. The van der Waals surface area contributed by atoms with Gasteiger partial charge in [0.05, 0.1) is 30.7 Å². The Morgan fingerprint density at radius 1 is 1.13 bits per heavy atom. The molecule has 1 fully saturated rings. The molecule has 38 heavy (non-hydrogen) atoms. The number of benzene rings is 1. The Kier molecular flexibility index (Phi) is 6.71. The van der Waals surface area contributed by atoms with E-state index in [4.69, 9.17) is 9.72 Å². The molecule has 0 unspecified atom stereocenters. The van der Waals surface area contributed by atoms with Gasteiger partial charge in [-0.25, -0.2) is 15.0 Å². The number of amides is 1. The highest BCUT2D eigenvalue weighted by Gasteiger charge is 2.24. The number of hydrogen-bond acceptors (Lipinski definition) is 9. The van der Waals surface area contributed by atoms with Gasteiger partial charge in [0.2, 0.25) is 17.7 Å². The second-order valence-corrected chi connectivity index (χ2v) is 10.2. The standard InChI is InChI=1S/C28H34N8O2/c1-18-13-21(5-6-22(18)33-25(37)17-35-9-3-4-10-35)32-28-31-14-20-7-11-36(16-23(20)34-28)24-15-30-27-26(19(24)2)29-8-12-38-27/h5-6,13-15,29H,3-4,7-12,16-17H2,1-2H3,(H,33,37)(H,31,32,34). The molecule has 3 aliphatic rings. The lowest BCUT2D eigenvalue weighted by atomic mass is 10.0. The third-order valence-electron chi connectivity index (χ3n) is 7.53. The van der Waals surface area contributed by atoms with Crippen molar-refractivity contribution in [3.05, 3.63) is 53.0 Å². The van der Waals surface area contributed by atoms with Gasteiger partial charge in [-0.1, -0.05) is 0 Å². The fourth-order valence-corrected chi connectivity index (χ4v) is 5.44. The highest BCUT2D eigenvalue weighted by molar-refractivity contribution is 5.93. The van der Waals surface area contributed by atoms with Gasteiger partial charge in [0.15, 0.2) is 0 Å². The summed E-state index contributed by atoms with van der Waals surface area (Å²) >= 11 is 0. The summed E-state index contributed by atoms with van der Waals surface area (Å²) < 4.78 is 5.69. The monoisotopic (exact) mass is 514 g/mol. The summed E-state index contributed by atoms with van der Waals surface area (Å²) in [4.78, 5) is 30.9. The van der Waals surface area contributed by atoms with Crippen molar-refractivity contribution >= 4 is 34.6 Å². The maximum absolute atomic E-state index is 12.4. The lowest BCUT2D eigenvalue weighted by Gasteiger charge is -2.32. The minimum absolute atomic E-state index is 0.0333. The van der Waals surface area contributed by atoms with E-state index < -0.39 is 0 Å². The Morgan fingerprint density at radius 2 is 2.00 bits per heavy atom. The molecule has 1 aromatic carbocycles. The van der Waals surface area contributed by atoms with Crippen LogP contribution in [0.15, 0.2) is 30.6 Å². The number of likely N-dealkylation sites (tertiary alicyclic amines) is 1. The molecule has 1 saturated heterocycles. The zero-order valence-corrected chi connectivity index (χ0v) is 22.0. The first-order valence-corrected chi connectivity index (χ1v) is 13.4. The molecular weight excluding hydrogens is 480 g/mol. The summed E-state index contributed by atoms with van der Waals surface area (Å²) in [7, 11) is 0. The minimum atomic E-state index is 0.0333. The lowest BCUT2D eigenvalue weighted by Crippen LogP contribution is -2.32. The van der Waals surface area contributed by atoms with E-state index in [0.717, 1.165) is 72.2 Å². The maximum atomic E-state index is 12.4. The topological polar surface area (TPSA) is 108 Å². The van der Waals surface area contributed by atoms with Crippen molar-refractivity contribution in [1.82, 2.24) is 19.9 Å². The quantitative estimate of drug-likeness (QED) is 0.454. The van der Waals surface area contributed by atoms with Crippen LogP contribution < -0.4 is 25.6 Å². The van der Waals surface area contributed by atoms with Crippen molar-refractivity contribution in [2.24, 2.45) is 0 Å². The van der Waals surface area contributed by atoms with Crippen LogP contribution in [0.2, 0.25) is 0 Å². The van der Waals surface area contributed by atoms with Crippen LogP contribution in [0.5, 0.6) is 5.88 Å². The number of hydrogen-bond donors (Lipinski definition) is 3. The van der Waals surface area contributed by atoms with Crippen LogP contribution >= 0.6 is 0 Å². The Labute approximate surface area is 222 Å². The van der Waals surface area contributed by atoms with Crippen LogP contribution in [-0.4, -0.2) is 65.1 Å². The van der Waals surface area contributed by atoms with Crippen molar-refractivity contribution in [2.45, 2.75) is 39.7 Å². The summed E-state index contributed by atoms with van der Waals surface area (Å²) in [6, 6.07) is 5.89. The Morgan fingerprint density at radius 3 is 2.84 bits per heavy atom. The molecule has 2 aromatic heterocycles. The first kappa shape index (κ1) is 24.4. The normalized spacial score (nSPS) is 16.7. The summed E-state index contributed by atoms with van der Waals surface area (Å²) in [6.07, 6.45) is 7.05. The van der Waals surface area contributed by atoms with Gasteiger partial charge in [-0.15, -0.1) is 0 Å². The van der Waals surface area contributed by atoms with Gasteiger partial charge in [0.1, 0.15) is 12.3 Å². The molecule has 10 nitrogen and oxygen atoms in total. The number of ether oxygens (including phenoxy) is 1. The third kappa shape index (κ3) is 5.08. The number of rotatable bonds is 6. The largest absolute Gasteiger partial charge is 0.474 e. The van der Waals surface area contributed by atoms with Crippen molar-refractivity contribution in [3.63, 3.8) is 0 Å². The average Bonchev–Trinajstić information content (AvgIpc) is 3.43. The van der Waals surface area contributed by atoms with Crippen LogP contribution in [-0.2, 0) is 17.8 Å². The number of carbonyl (C=O) groups is 1.